The Bertz CT molecular complexity index is 484. The van der Waals surface area contributed by atoms with Gasteiger partial charge in [-0.25, -0.2) is 5.32 Å². The van der Waals surface area contributed by atoms with Crippen molar-refractivity contribution in [2.45, 2.75) is 44.2 Å². The number of rotatable bonds is 6. The van der Waals surface area contributed by atoms with E-state index >= 15 is 0 Å². The first-order chi connectivity index (χ1) is 10.8. The summed E-state index contributed by atoms with van der Waals surface area (Å²) in [7, 11) is 0. The SMILES string of the molecule is FC(F)(F)C(F)(F)Oc1ccc(COCC2CCCC[N]2)cc1. The van der Waals surface area contributed by atoms with E-state index in [1.807, 2.05) is 0 Å². The van der Waals surface area contributed by atoms with Crippen LogP contribution < -0.4 is 10.1 Å². The van der Waals surface area contributed by atoms with E-state index in [0.29, 0.717) is 12.2 Å². The van der Waals surface area contributed by atoms with Crippen LogP contribution in [0.2, 0.25) is 0 Å². The molecule has 0 saturated carbocycles. The Kier molecular flexibility index (Phi) is 5.80. The van der Waals surface area contributed by atoms with Crippen molar-refractivity contribution in [3.63, 3.8) is 0 Å². The van der Waals surface area contributed by atoms with Crippen LogP contribution in [0.15, 0.2) is 24.3 Å². The zero-order valence-electron chi connectivity index (χ0n) is 12.3. The summed E-state index contributed by atoms with van der Waals surface area (Å²) in [5.74, 6) is -0.557. The highest BCUT2D eigenvalue weighted by atomic mass is 19.4. The second-order valence-electron chi connectivity index (χ2n) is 5.33. The predicted octanol–water partition coefficient (Wildman–Crippen LogP) is 3.89. The summed E-state index contributed by atoms with van der Waals surface area (Å²) < 4.78 is 70.8. The van der Waals surface area contributed by atoms with Crippen molar-refractivity contribution in [3.05, 3.63) is 29.8 Å². The number of alkyl halides is 5. The Balaban J connectivity index is 1.80. The molecular formula is C15H17F5NO2. The van der Waals surface area contributed by atoms with Gasteiger partial charge in [0.15, 0.2) is 0 Å². The van der Waals surface area contributed by atoms with Crippen LogP contribution in [-0.4, -0.2) is 31.5 Å². The molecule has 1 atom stereocenters. The van der Waals surface area contributed by atoms with Crippen molar-refractivity contribution >= 4 is 0 Å². The maximum Gasteiger partial charge on any atom is 0.499 e. The molecule has 0 N–H and O–H groups in total. The molecule has 1 aliphatic rings. The largest absolute Gasteiger partial charge is 0.499 e. The fourth-order valence-corrected chi connectivity index (χ4v) is 2.17. The highest BCUT2D eigenvalue weighted by molar-refractivity contribution is 5.27. The number of nitrogens with zero attached hydrogens (tertiary/aromatic N) is 1. The highest BCUT2D eigenvalue weighted by Crippen LogP contribution is 2.37. The summed E-state index contributed by atoms with van der Waals surface area (Å²) in [6.07, 6.45) is -7.76. The molecule has 1 unspecified atom stereocenters. The average Bonchev–Trinajstić information content (AvgIpc) is 2.49. The molecular weight excluding hydrogens is 321 g/mol. The van der Waals surface area contributed by atoms with Gasteiger partial charge in [-0.15, -0.1) is 0 Å². The summed E-state index contributed by atoms with van der Waals surface area (Å²) in [4.78, 5) is 0. The van der Waals surface area contributed by atoms with Crippen molar-refractivity contribution in [1.82, 2.24) is 5.32 Å². The molecule has 1 aromatic carbocycles. The summed E-state index contributed by atoms with van der Waals surface area (Å²) in [6.45, 7) is 1.56. The molecule has 3 nitrogen and oxygen atoms in total. The minimum absolute atomic E-state index is 0.178. The predicted molar refractivity (Wildman–Crippen MR) is 72.4 cm³/mol. The van der Waals surface area contributed by atoms with Crippen LogP contribution in [0, 0.1) is 0 Å². The molecule has 1 fully saturated rings. The molecule has 1 saturated heterocycles. The maximum atomic E-state index is 12.7. The van der Waals surface area contributed by atoms with E-state index in [1.54, 1.807) is 0 Å². The van der Waals surface area contributed by atoms with E-state index < -0.39 is 18.0 Å². The first-order valence-corrected chi connectivity index (χ1v) is 7.25. The number of piperidine rings is 1. The smallest absolute Gasteiger partial charge is 0.426 e. The Morgan fingerprint density at radius 3 is 2.30 bits per heavy atom. The average molecular weight is 338 g/mol. The van der Waals surface area contributed by atoms with E-state index in [4.69, 9.17) is 4.74 Å². The van der Waals surface area contributed by atoms with Crippen LogP contribution in [0.3, 0.4) is 0 Å². The van der Waals surface area contributed by atoms with E-state index in [0.717, 1.165) is 37.9 Å². The standard InChI is InChI=1S/C15H17F5NO2/c16-14(17,18)15(19,20)23-13-6-4-11(5-7-13)9-22-10-12-3-1-2-8-21-12/h4-7,12H,1-3,8-10H2. The number of halogens is 5. The van der Waals surface area contributed by atoms with E-state index in [1.165, 1.54) is 12.1 Å². The van der Waals surface area contributed by atoms with Gasteiger partial charge in [-0.2, -0.15) is 22.0 Å². The third-order valence-corrected chi connectivity index (χ3v) is 3.41. The molecule has 0 aromatic heterocycles. The zero-order valence-corrected chi connectivity index (χ0v) is 12.3. The van der Waals surface area contributed by atoms with Crippen LogP contribution in [-0.2, 0) is 11.3 Å². The first kappa shape index (κ1) is 17.9. The van der Waals surface area contributed by atoms with Gasteiger partial charge in [-0.3, -0.25) is 0 Å². The van der Waals surface area contributed by atoms with Crippen molar-refractivity contribution in [2.75, 3.05) is 13.2 Å². The van der Waals surface area contributed by atoms with Gasteiger partial charge in [0.1, 0.15) is 5.75 Å². The van der Waals surface area contributed by atoms with Gasteiger partial charge in [0.25, 0.3) is 0 Å². The monoisotopic (exact) mass is 338 g/mol. The van der Waals surface area contributed by atoms with Gasteiger partial charge in [0.05, 0.1) is 13.2 Å². The van der Waals surface area contributed by atoms with Crippen LogP contribution >= 0.6 is 0 Å². The second kappa shape index (κ2) is 7.44. The maximum absolute atomic E-state index is 12.7. The molecule has 0 bridgehead atoms. The fraction of sp³-hybridized carbons (Fsp3) is 0.600. The van der Waals surface area contributed by atoms with Crippen LogP contribution in [0.5, 0.6) is 5.75 Å². The molecule has 2 rings (SSSR count). The van der Waals surface area contributed by atoms with Crippen LogP contribution in [0.25, 0.3) is 0 Å². The van der Waals surface area contributed by atoms with Gasteiger partial charge in [0.2, 0.25) is 0 Å². The van der Waals surface area contributed by atoms with Crippen molar-refractivity contribution in [2.24, 2.45) is 0 Å². The van der Waals surface area contributed by atoms with Crippen molar-refractivity contribution in [3.8, 4) is 5.75 Å². The number of ether oxygens (including phenoxy) is 2. The Morgan fingerprint density at radius 1 is 1.04 bits per heavy atom. The lowest BCUT2D eigenvalue weighted by Gasteiger charge is -2.21. The van der Waals surface area contributed by atoms with Crippen LogP contribution in [0.4, 0.5) is 22.0 Å². The van der Waals surface area contributed by atoms with Gasteiger partial charge < -0.3 is 9.47 Å². The lowest BCUT2D eigenvalue weighted by Crippen LogP contribution is -2.41. The fourth-order valence-electron chi connectivity index (χ4n) is 2.17. The van der Waals surface area contributed by atoms with E-state index in [-0.39, 0.29) is 12.6 Å². The number of benzene rings is 1. The van der Waals surface area contributed by atoms with Gasteiger partial charge >= 0.3 is 12.3 Å². The summed E-state index contributed by atoms with van der Waals surface area (Å²) >= 11 is 0. The lowest BCUT2D eigenvalue weighted by molar-refractivity contribution is -0.360. The minimum Gasteiger partial charge on any atom is -0.426 e. The molecule has 23 heavy (non-hydrogen) atoms. The zero-order chi connectivity index (χ0) is 16.9. The number of hydrogen-bond donors (Lipinski definition) is 0. The van der Waals surface area contributed by atoms with Gasteiger partial charge in [-0.1, -0.05) is 18.6 Å². The Labute approximate surface area is 130 Å². The van der Waals surface area contributed by atoms with Crippen molar-refractivity contribution in [1.29, 1.82) is 0 Å². The number of hydrogen-bond acceptors (Lipinski definition) is 2. The first-order valence-electron chi connectivity index (χ1n) is 7.25. The molecule has 1 aromatic rings. The molecule has 8 heteroatoms. The van der Waals surface area contributed by atoms with Gasteiger partial charge in [0, 0.05) is 12.6 Å². The topological polar surface area (TPSA) is 32.6 Å². The quantitative estimate of drug-likeness (QED) is 0.737. The minimum atomic E-state index is -5.75. The summed E-state index contributed by atoms with van der Waals surface area (Å²) in [6, 6.07) is 5.07. The van der Waals surface area contributed by atoms with E-state index in [2.05, 4.69) is 10.1 Å². The molecule has 0 spiro atoms. The van der Waals surface area contributed by atoms with E-state index in [9.17, 15) is 22.0 Å². The van der Waals surface area contributed by atoms with Crippen LogP contribution in [0.1, 0.15) is 24.8 Å². The molecule has 1 aliphatic heterocycles. The molecule has 129 valence electrons. The molecule has 0 aliphatic carbocycles. The third-order valence-electron chi connectivity index (χ3n) is 3.41. The summed E-state index contributed by atoms with van der Waals surface area (Å²) in [5.41, 5.74) is 0.656. The second-order valence-corrected chi connectivity index (χ2v) is 5.33. The molecule has 0 amide bonds. The van der Waals surface area contributed by atoms with Gasteiger partial charge in [-0.05, 0) is 30.5 Å². The highest BCUT2D eigenvalue weighted by Gasteiger charge is 2.61. The summed E-state index contributed by atoms with van der Waals surface area (Å²) in [5, 5.41) is 4.40. The Hall–Kier alpha value is -1.41. The van der Waals surface area contributed by atoms with Crippen molar-refractivity contribution < 1.29 is 31.4 Å². The third kappa shape index (κ3) is 5.31. The molecule has 1 heterocycles. The molecule has 1 radical (unpaired) electrons. The normalized spacial score (nSPS) is 19.6. The Morgan fingerprint density at radius 2 is 1.74 bits per heavy atom. The lowest BCUT2D eigenvalue weighted by atomic mass is 10.1.